The summed E-state index contributed by atoms with van der Waals surface area (Å²) in [5, 5.41) is 12.0. The molecule has 8 heavy (non-hydrogen) atoms. The Morgan fingerprint density at radius 1 is 1.50 bits per heavy atom. The maximum absolute atomic E-state index is 9.04. The van der Waals surface area contributed by atoms with Gasteiger partial charge in [-0.05, 0) is 26.8 Å². The van der Waals surface area contributed by atoms with Crippen LogP contribution in [0.15, 0.2) is 0 Å². The predicted octanol–water partition coefficient (Wildman–Crippen LogP) is 0.714. The van der Waals surface area contributed by atoms with Crippen LogP contribution in [0.4, 0.5) is 0 Å². The Morgan fingerprint density at radius 3 is 2.12 bits per heavy atom. The van der Waals surface area contributed by atoms with Crippen LogP contribution >= 0.6 is 0 Å². The summed E-state index contributed by atoms with van der Waals surface area (Å²) in [6, 6.07) is 0. The second-order valence-corrected chi connectivity index (χ2v) is 2.49. The van der Waals surface area contributed by atoms with Crippen molar-refractivity contribution in [1.82, 2.24) is 5.32 Å². The van der Waals surface area contributed by atoms with Gasteiger partial charge in [0, 0.05) is 0 Å². The van der Waals surface area contributed by atoms with Crippen LogP contribution in [0.1, 0.15) is 27.2 Å². The smallest absolute Gasteiger partial charge is 0.110 e. The quantitative estimate of drug-likeness (QED) is 0.534. The summed E-state index contributed by atoms with van der Waals surface area (Å²) in [6.07, 6.45) is 1.06. The molecule has 0 spiro atoms. The van der Waals surface area contributed by atoms with Crippen LogP contribution < -0.4 is 5.32 Å². The van der Waals surface area contributed by atoms with Gasteiger partial charge in [0.1, 0.15) is 5.72 Å². The molecule has 0 aliphatic carbocycles. The van der Waals surface area contributed by atoms with Gasteiger partial charge in [-0.1, -0.05) is 6.92 Å². The molecule has 0 aromatic rings. The lowest BCUT2D eigenvalue weighted by atomic mass is 10.3. The van der Waals surface area contributed by atoms with Crippen LogP contribution in [0.5, 0.6) is 0 Å². The third kappa shape index (κ3) is 5.92. The normalized spacial score (nSPS) is 12.0. The van der Waals surface area contributed by atoms with E-state index >= 15 is 0 Å². The summed E-state index contributed by atoms with van der Waals surface area (Å²) in [4.78, 5) is 0. The lowest BCUT2D eigenvalue weighted by Crippen LogP contribution is -2.39. The van der Waals surface area contributed by atoms with E-state index in [2.05, 4.69) is 12.2 Å². The number of hydrogen-bond donors (Lipinski definition) is 2. The molecule has 0 saturated carbocycles. The Labute approximate surface area is 50.9 Å². The summed E-state index contributed by atoms with van der Waals surface area (Å²) in [5.41, 5.74) is -0.698. The Morgan fingerprint density at radius 2 is 2.00 bits per heavy atom. The molecule has 0 aromatic heterocycles. The SMILES string of the molecule is CCCNC(C)(C)O. The summed E-state index contributed by atoms with van der Waals surface area (Å²) in [7, 11) is 0. The molecular formula is C6H15NO. The van der Waals surface area contributed by atoms with Crippen molar-refractivity contribution < 1.29 is 5.11 Å². The molecule has 0 aliphatic heterocycles. The zero-order valence-corrected chi connectivity index (χ0v) is 5.86. The number of nitrogens with one attached hydrogen (secondary N) is 1. The van der Waals surface area contributed by atoms with Gasteiger partial charge in [-0.3, -0.25) is 5.32 Å². The van der Waals surface area contributed by atoms with Crippen LogP contribution in [0.2, 0.25) is 0 Å². The van der Waals surface area contributed by atoms with Gasteiger partial charge in [0.05, 0.1) is 0 Å². The maximum atomic E-state index is 9.04. The summed E-state index contributed by atoms with van der Waals surface area (Å²) >= 11 is 0. The fourth-order valence-corrected chi connectivity index (χ4v) is 0.431. The number of hydrogen-bond acceptors (Lipinski definition) is 2. The minimum absolute atomic E-state index is 0.698. The third-order valence-corrected chi connectivity index (χ3v) is 0.808. The van der Waals surface area contributed by atoms with Crippen molar-refractivity contribution >= 4 is 0 Å². The zero-order chi connectivity index (χ0) is 6.62. The van der Waals surface area contributed by atoms with Crippen molar-refractivity contribution in [3.63, 3.8) is 0 Å². The van der Waals surface area contributed by atoms with Gasteiger partial charge in [0.2, 0.25) is 0 Å². The first-order valence-electron chi connectivity index (χ1n) is 3.03. The number of aliphatic hydroxyl groups is 1. The van der Waals surface area contributed by atoms with E-state index in [1.54, 1.807) is 13.8 Å². The lowest BCUT2D eigenvalue weighted by molar-refractivity contribution is 0.0441. The van der Waals surface area contributed by atoms with E-state index in [0.717, 1.165) is 13.0 Å². The van der Waals surface area contributed by atoms with Crippen molar-refractivity contribution in [3.05, 3.63) is 0 Å². The molecule has 0 aromatic carbocycles. The standard InChI is InChI=1S/C6H15NO/c1-4-5-7-6(2,3)8/h7-8H,4-5H2,1-3H3. The Balaban J connectivity index is 3.11. The average molecular weight is 117 g/mol. The summed E-state index contributed by atoms with van der Waals surface area (Å²) < 4.78 is 0. The molecule has 2 heteroatoms. The molecule has 0 aliphatic rings. The highest BCUT2D eigenvalue weighted by Gasteiger charge is 2.07. The van der Waals surface area contributed by atoms with Gasteiger partial charge >= 0.3 is 0 Å². The average Bonchev–Trinajstić information content (AvgIpc) is 1.59. The largest absolute Gasteiger partial charge is 0.376 e. The second-order valence-electron chi connectivity index (χ2n) is 2.49. The highest BCUT2D eigenvalue weighted by Crippen LogP contribution is 1.92. The second kappa shape index (κ2) is 3.05. The fourth-order valence-electron chi connectivity index (χ4n) is 0.431. The van der Waals surface area contributed by atoms with E-state index in [1.165, 1.54) is 0 Å². The molecule has 0 fully saturated rings. The first-order valence-corrected chi connectivity index (χ1v) is 3.03. The van der Waals surface area contributed by atoms with Gasteiger partial charge in [-0.15, -0.1) is 0 Å². The fraction of sp³-hybridized carbons (Fsp3) is 1.00. The molecule has 0 amide bonds. The van der Waals surface area contributed by atoms with Crippen LogP contribution in [0.25, 0.3) is 0 Å². The van der Waals surface area contributed by atoms with Crippen LogP contribution in [-0.2, 0) is 0 Å². The van der Waals surface area contributed by atoms with Gasteiger partial charge in [-0.2, -0.15) is 0 Å². The third-order valence-electron chi connectivity index (χ3n) is 0.808. The molecule has 0 rings (SSSR count). The molecule has 0 atom stereocenters. The Hall–Kier alpha value is -0.0800. The van der Waals surface area contributed by atoms with Crippen LogP contribution in [-0.4, -0.2) is 17.4 Å². The minimum atomic E-state index is -0.698. The van der Waals surface area contributed by atoms with E-state index < -0.39 is 5.72 Å². The zero-order valence-electron chi connectivity index (χ0n) is 5.86. The molecule has 0 heterocycles. The first-order chi connectivity index (χ1) is 3.56. The molecular weight excluding hydrogens is 102 g/mol. The Kier molecular flexibility index (Phi) is 3.02. The Bertz CT molecular complexity index is 56.0. The number of rotatable bonds is 3. The molecule has 0 saturated heterocycles. The van der Waals surface area contributed by atoms with Gasteiger partial charge in [-0.25, -0.2) is 0 Å². The highest BCUT2D eigenvalue weighted by molar-refractivity contribution is 4.59. The van der Waals surface area contributed by atoms with E-state index in [9.17, 15) is 0 Å². The highest BCUT2D eigenvalue weighted by atomic mass is 16.3. The molecule has 0 radical (unpaired) electrons. The van der Waals surface area contributed by atoms with E-state index in [0.29, 0.717) is 0 Å². The molecule has 0 bridgehead atoms. The van der Waals surface area contributed by atoms with E-state index in [4.69, 9.17) is 5.11 Å². The van der Waals surface area contributed by atoms with Crippen molar-refractivity contribution in [2.75, 3.05) is 6.54 Å². The molecule has 2 N–H and O–H groups in total. The predicted molar refractivity (Wildman–Crippen MR) is 34.6 cm³/mol. The van der Waals surface area contributed by atoms with Gasteiger partial charge in [0.15, 0.2) is 0 Å². The lowest BCUT2D eigenvalue weighted by Gasteiger charge is -2.17. The monoisotopic (exact) mass is 117 g/mol. The van der Waals surface area contributed by atoms with E-state index in [1.807, 2.05) is 0 Å². The molecule has 2 nitrogen and oxygen atoms in total. The van der Waals surface area contributed by atoms with Gasteiger partial charge in [0.25, 0.3) is 0 Å². The topological polar surface area (TPSA) is 32.3 Å². The summed E-state index contributed by atoms with van der Waals surface area (Å²) in [5.74, 6) is 0. The first kappa shape index (κ1) is 7.92. The molecule has 50 valence electrons. The minimum Gasteiger partial charge on any atom is -0.376 e. The van der Waals surface area contributed by atoms with Crippen molar-refractivity contribution in [2.24, 2.45) is 0 Å². The van der Waals surface area contributed by atoms with Crippen LogP contribution in [0.3, 0.4) is 0 Å². The maximum Gasteiger partial charge on any atom is 0.110 e. The van der Waals surface area contributed by atoms with Gasteiger partial charge < -0.3 is 5.11 Å². The van der Waals surface area contributed by atoms with E-state index in [-0.39, 0.29) is 0 Å². The summed E-state index contributed by atoms with van der Waals surface area (Å²) in [6.45, 7) is 6.42. The van der Waals surface area contributed by atoms with Crippen molar-refractivity contribution in [3.8, 4) is 0 Å². The molecule has 0 unspecified atom stereocenters. The van der Waals surface area contributed by atoms with Crippen molar-refractivity contribution in [2.45, 2.75) is 32.9 Å². The van der Waals surface area contributed by atoms with Crippen molar-refractivity contribution in [1.29, 1.82) is 0 Å². The van der Waals surface area contributed by atoms with Crippen LogP contribution in [0, 0.1) is 0 Å².